The Balaban J connectivity index is 2.56. The highest BCUT2D eigenvalue weighted by atomic mass is 19.1. The number of aliphatic hydroxyl groups is 1. The van der Waals surface area contributed by atoms with Crippen LogP contribution >= 0.6 is 0 Å². The second kappa shape index (κ2) is 4.05. The summed E-state index contributed by atoms with van der Waals surface area (Å²) in [5.41, 5.74) is 0.832. The fourth-order valence-corrected chi connectivity index (χ4v) is 0.847. The van der Waals surface area contributed by atoms with Crippen LogP contribution in [0.1, 0.15) is 5.56 Å². The van der Waals surface area contributed by atoms with E-state index in [-0.39, 0.29) is 12.5 Å². The number of halogens is 1. The maximum Gasteiger partial charge on any atom is 0.123 e. The number of benzene rings is 1. The van der Waals surface area contributed by atoms with Gasteiger partial charge in [0.2, 0.25) is 0 Å². The van der Waals surface area contributed by atoms with Crippen LogP contribution in [0.3, 0.4) is 0 Å². The Morgan fingerprint density at radius 1 is 1.45 bits per heavy atom. The topological polar surface area (TPSA) is 32.3 Å². The normalized spacial score (nSPS) is 10.0. The lowest BCUT2D eigenvalue weighted by molar-refractivity contribution is 0.259. The number of rotatable bonds is 3. The zero-order valence-electron chi connectivity index (χ0n) is 6.05. The Morgan fingerprint density at radius 3 is 2.91 bits per heavy atom. The van der Waals surface area contributed by atoms with Crippen molar-refractivity contribution in [3.05, 3.63) is 35.6 Å². The van der Waals surface area contributed by atoms with Gasteiger partial charge in [-0.2, -0.15) is 0 Å². The first kappa shape index (κ1) is 8.17. The minimum Gasteiger partial charge on any atom is -0.381 e. The quantitative estimate of drug-likeness (QED) is 0.635. The van der Waals surface area contributed by atoms with E-state index in [0.717, 1.165) is 5.56 Å². The lowest BCUT2D eigenvalue weighted by atomic mass is 10.2. The van der Waals surface area contributed by atoms with Gasteiger partial charge < -0.3 is 5.11 Å². The monoisotopic (exact) mass is 155 g/mol. The van der Waals surface area contributed by atoms with Crippen molar-refractivity contribution in [1.82, 2.24) is 5.32 Å². The van der Waals surface area contributed by atoms with Crippen LogP contribution in [0, 0.1) is 5.82 Å². The maximum absolute atomic E-state index is 12.5. The summed E-state index contributed by atoms with van der Waals surface area (Å²) < 4.78 is 12.5. The van der Waals surface area contributed by atoms with E-state index in [4.69, 9.17) is 5.11 Å². The summed E-state index contributed by atoms with van der Waals surface area (Å²) in [6.45, 7) is 0.408. The summed E-state index contributed by atoms with van der Waals surface area (Å²) in [6, 6.07) is 6.26. The maximum atomic E-state index is 12.5. The molecule has 0 saturated heterocycles. The summed E-state index contributed by atoms with van der Waals surface area (Å²) in [6.07, 6.45) is 0. The van der Waals surface area contributed by atoms with E-state index in [1.807, 2.05) is 0 Å². The van der Waals surface area contributed by atoms with Gasteiger partial charge in [-0.3, -0.25) is 5.32 Å². The first-order chi connectivity index (χ1) is 5.33. The van der Waals surface area contributed by atoms with E-state index in [0.29, 0.717) is 6.54 Å². The molecule has 2 N–H and O–H groups in total. The molecule has 2 nitrogen and oxygen atoms in total. The van der Waals surface area contributed by atoms with Crippen molar-refractivity contribution in [3.63, 3.8) is 0 Å². The van der Waals surface area contributed by atoms with Gasteiger partial charge in [0.25, 0.3) is 0 Å². The number of hydrogen-bond acceptors (Lipinski definition) is 2. The first-order valence-electron chi connectivity index (χ1n) is 3.39. The molecular formula is C8H10FNO. The van der Waals surface area contributed by atoms with Gasteiger partial charge in [0, 0.05) is 6.54 Å². The third-order valence-electron chi connectivity index (χ3n) is 1.33. The van der Waals surface area contributed by atoms with Crippen molar-refractivity contribution in [2.45, 2.75) is 6.54 Å². The Labute approximate surface area is 64.7 Å². The highest BCUT2D eigenvalue weighted by molar-refractivity contribution is 5.15. The smallest absolute Gasteiger partial charge is 0.123 e. The molecule has 11 heavy (non-hydrogen) atoms. The van der Waals surface area contributed by atoms with Crippen LogP contribution in [0.5, 0.6) is 0 Å². The van der Waals surface area contributed by atoms with Crippen molar-refractivity contribution in [3.8, 4) is 0 Å². The Hall–Kier alpha value is -0.930. The fourth-order valence-electron chi connectivity index (χ4n) is 0.847. The number of hydrogen-bond donors (Lipinski definition) is 2. The van der Waals surface area contributed by atoms with E-state index in [9.17, 15) is 4.39 Å². The minimum absolute atomic E-state index is 0.0868. The average molecular weight is 155 g/mol. The minimum atomic E-state index is -0.248. The lowest BCUT2D eigenvalue weighted by Crippen LogP contribution is -2.13. The molecule has 0 heterocycles. The van der Waals surface area contributed by atoms with Crippen LogP contribution in [0.2, 0.25) is 0 Å². The van der Waals surface area contributed by atoms with Crippen LogP contribution in [0.25, 0.3) is 0 Å². The van der Waals surface area contributed by atoms with Gasteiger partial charge in [-0.05, 0) is 17.7 Å². The van der Waals surface area contributed by atoms with Gasteiger partial charge in [0.1, 0.15) is 5.82 Å². The van der Waals surface area contributed by atoms with Crippen LogP contribution in [-0.2, 0) is 6.54 Å². The molecule has 0 spiro atoms. The molecule has 0 atom stereocenters. The molecule has 0 aliphatic rings. The van der Waals surface area contributed by atoms with E-state index in [1.54, 1.807) is 12.1 Å². The lowest BCUT2D eigenvalue weighted by Gasteiger charge is -2.00. The second-order valence-electron chi connectivity index (χ2n) is 2.21. The molecule has 0 saturated carbocycles. The number of nitrogens with one attached hydrogen (secondary N) is 1. The molecule has 0 amide bonds. The van der Waals surface area contributed by atoms with Crippen molar-refractivity contribution < 1.29 is 9.50 Å². The van der Waals surface area contributed by atoms with E-state index < -0.39 is 0 Å². The van der Waals surface area contributed by atoms with Crippen molar-refractivity contribution in [2.24, 2.45) is 0 Å². The predicted molar refractivity (Wildman–Crippen MR) is 40.3 cm³/mol. The predicted octanol–water partition coefficient (Wildman–Crippen LogP) is 0.865. The van der Waals surface area contributed by atoms with Gasteiger partial charge >= 0.3 is 0 Å². The average Bonchev–Trinajstić information content (AvgIpc) is 2.01. The molecule has 0 radical (unpaired) electrons. The van der Waals surface area contributed by atoms with E-state index in [2.05, 4.69) is 5.32 Å². The summed E-state index contributed by atoms with van der Waals surface area (Å²) in [4.78, 5) is 0. The van der Waals surface area contributed by atoms with Crippen molar-refractivity contribution >= 4 is 0 Å². The Kier molecular flexibility index (Phi) is 3.01. The Bertz CT molecular complexity index is 227. The highest BCUT2D eigenvalue weighted by Gasteiger charge is 1.92. The first-order valence-corrected chi connectivity index (χ1v) is 3.39. The molecule has 1 rings (SSSR count). The molecule has 0 aliphatic carbocycles. The van der Waals surface area contributed by atoms with Crippen LogP contribution in [0.4, 0.5) is 4.39 Å². The van der Waals surface area contributed by atoms with Gasteiger partial charge in [-0.15, -0.1) is 0 Å². The highest BCUT2D eigenvalue weighted by Crippen LogP contribution is 2.02. The molecule has 1 aromatic rings. The van der Waals surface area contributed by atoms with E-state index in [1.165, 1.54) is 12.1 Å². The fraction of sp³-hybridized carbons (Fsp3) is 0.250. The van der Waals surface area contributed by atoms with Crippen molar-refractivity contribution in [2.75, 3.05) is 6.73 Å². The largest absolute Gasteiger partial charge is 0.381 e. The molecular weight excluding hydrogens is 145 g/mol. The molecule has 0 unspecified atom stereocenters. The van der Waals surface area contributed by atoms with Crippen LogP contribution in [0.15, 0.2) is 24.3 Å². The standard InChI is InChI=1S/C8H10FNO/c9-8-3-1-2-7(4-8)5-10-6-11/h1-4,10-11H,5-6H2. The second-order valence-corrected chi connectivity index (χ2v) is 2.21. The molecule has 0 aromatic heterocycles. The summed E-state index contributed by atoms with van der Waals surface area (Å²) in [7, 11) is 0. The molecule has 60 valence electrons. The number of aliphatic hydroxyl groups excluding tert-OH is 1. The van der Waals surface area contributed by atoms with Crippen LogP contribution in [-0.4, -0.2) is 11.8 Å². The summed E-state index contributed by atoms with van der Waals surface area (Å²) >= 11 is 0. The third kappa shape index (κ3) is 2.65. The zero-order valence-corrected chi connectivity index (χ0v) is 6.05. The molecule has 1 aromatic carbocycles. The van der Waals surface area contributed by atoms with Gasteiger partial charge in [0.15, 0.2) is 0 Å². The van der Waals surface area contributed by atoms with Gasteiger partial charge in [-0.25, -0.2) is 4.39 Å². The SMILES string of the molecule is OCNCc1cccc(F)c1. The molecule has 0 aliphatic heterocycles. The molecule has 3 heteroatoms. The van der Waals surface area contributed by atoms with Crippen LogP contribution < -0.4 is 5.32 Å². The molecule has 0 fully saturated rings. The molecule has 0 bridgehead atoms. The van der Waals surface area contributed by atoms with E-state index >= 15 is 0 Å². The Morgan fingerprint density at radius 2 is 2.27 bits per heavy atom. The van der Waals surface area contributed by atoms with Gasteiger partial charge in [0.05, 0.1) is 6.73 Å². The third-order valence-corrected chi connectivity index (χ3v) is 1.33. The summed E-state index contributed by atoms with van der Waals surface area (Å²) in [5, 5.41) is 11.1. The summed E-state index contributed by atoms with van der Waals surface area (Å²) in [5.74, 6) is -0.248. The van der Waals surface area contributed by atoms with Gasteiger partial charge in [-0.1, -0.05) is 12.1 Å². The van der Waals surface area contributed by atoms with Crippen molar-refractivity contribution in [1.29, 1.82) is 0 Å². The zero-order chi connectivity index (χ0) is 8.10.